The predicted octanol–water partition coefficient (Wildman–Crippen LogP) is 3.62. The first-order valence-corrected chi connectivity index (χ1v) is 6.89. The van der Waals surface area contributed by atoms with E-state index in [4.69, 9.17) is 4.74 Å². The molecule has 1 amide bonds. The number of anilines is 1. The zero-order valence-electron chi connectivity index (χ0n) is 11.8. The Morgan fingerprint density at radius 2 is 1.82 bits per heavy atom. The van der Waals surface area contributed by atoms with Gasteiger partial charge in [0, 0.05) is 18.6 Å². The quantitative estimate of drug-likeness (QED) is 0.799. The third-order valence-corrected chi connectivity index (χ3v) is 3.10. The van der Waals surface area contributed by atoms with Crippen molar-refractivity contribution in [1.82, 2.24) is 9.55 Å². The van der Waals surface area contributed by atoms with E-state index in [1.807, 2.05) is 71.6 Å². The molecule has 0 radical (unpaired) electrons. The number of pyridine rings is 1. The fraction of sp³-hybridized carbons (Fsp3) is 0.0588. The Balaban J connectivity index is 1.67. The lowest BCUT2D eigenvalue weighted by atomic mass is 10.2. The topological polar surface area (TPSA) is 56.2 Å². The van der Waals surface area contributed by atoms with Crippen LogP contribution in [0.2, 0.25) is 0 Å². The summed E-state index contributed by atoms with van der Waals surface area (Å²) >= 11 is 0. The third-order valence-electron chi connectivity index (χ3n) is 3.10. The zero-order valence-corrected chi connectivity index (χ0v) is 11.8. The number of nitrogens with zero attached hydrogens (tertiary/aromatic N) is 2. The van der Waals surface area contributed by atoms with Gasteiger partial charge in [-0.1, -0.05) is 30.3 Å². The Morgan fingerprint density at radius 1 is 1.05 bits per heavy atom. The summed E-state index contributed by atoms with van der Waals surface area (Å²) in [6.07, 6.45) is 4.87. The molecular weight excluding hydrogens is 278 g/mol. The number of carbonyl (C=O) groups is 1. The van der Waals surface area contributed by atoms with E-state index in [0.29, 0.717) is 5.82 Å². The van der Waals surface area contributed by atoms with Gasteiger partial charge in [0.2, 0.25) is 0 Å². The van der Waals surface area contributed by atoms with Gasteiger partial charge in [-0.15, -0.1) is 0 Å². The minimum Gasteiger partial charge on any atom is -0.444 e. The molecule has 2 heterocycles. The highest BCUT2D eigenvalue weighted by Crippen LogP contribution is 2.17. The molecule has 3 rings (SSSR count). The minimum atomic E-state index is -0.532. The van der Waals surface area contributed by atoms with Crippen molar-refractivity contribution >= 4 is 11.9 Å². The summed E-state index contributed by atoms with van der Waals surface area (Å²) in [5, 5.41) is 2.68. The Morgan fingerprint density at radius 3 is 2.59 bits per heavy atom. The smallest absolute Gasteiger partial charge is 0.413 e. The maximum absolute atomic E-state index is 11.9. The monoisotopic (exact) mass is 293 g/mol. The molecule has 0 unspecified atom stereocenters. The number of benzene rings is 1. The Kier molecular flexibility index (Phi) is 4.15. The standard InChI is InChI=1S/C17H15N3O2/c21-17(22-13-14-7-2-1-3-8-14)19-16-15(9-6-10-18-16)20-11-4-5-12-20/h1-12H,13H2,(H,18,19,21). The molecule has 5 heteroatoms. The molecule has 5 nitrogen and oxygen atoms in total. The molecule has 0 bridgehead atoms. The lowest BCUT2D eigenvalue weighted by molar-refractivity contribution is 0.155. The normalized spacial score (nSPS) is 10.2. The third kappa shape index (κ3) is 3.32. The average molecular weight is 293 g/mol. The number of rotatable bonds is 4. The minimum absolute atomic E-state index is 0.221. The summed E-state index contributed by atoms with van der Waals surface area (Å²) < 4.78 is 7.08. The largest absolute Gasteiger partial charge is 0.444 e. The van der Waals surface area contributed by atoms with Crippen LogP contribution in [-0.4, -0.2) is 15.6 Å². The summed E-state index contributed by atoms with van der Waals surface area (Å²) in [7, 11) is 0. The second kappa shape index (κ2) is 6.58. The van der Waals surface area contributed by atoms with Gasteiger partial charge >= 0.3 is 6.09 Å². The van der Waals surface area contributed by atoms with Crippen molar-refractivity contribution < 1.29 is 9.53 Å². The van der Waals surface area contributed by atoms with Crippen molar-refractivity contribution in [1.29, 1.82) is 0 Å². The molecule has 0 aliphatic rings. The molecule has 3 aromatic rings. The molecule has 0 atom stereocenters. The predicted molar refractivity (Wildman–Crippen MR) is 83.8 cm³/mol. The van der Waals surface area contributed by atoms with Gasteiger partial charge in [-0.2, -0.15) is 0 Å². The van der Waals surface area contributed by atoms with Gasteiger partial charge in [0.05, 0.1) is 5.69 Å². The van der Waals surface area contributed by atoms with Crippen molar-refractivity contribution in [2.24, 2.45) is 0 Å². The van der Waals surface area contributed by atoms with Gasteiger partial charge < -0.3 is 9.30 Å². The van der Waals surface area contributed by atoms with Crippen LogP contribution >= 0.6 is 0 Å². The van der Waals surface area contributed by atoms with E-state index in [2.05, 4.69) is 10.3 Å². The van der Waals surface area contributed by atoms with Crippen LogP contribution in [0, 0.1) is 0 Å². The lowest BCUT2D eigenvalue weighted by Gasteiger charge is -2.11. The molecule has 0 aliphatic carbocycles. The average Bonchev–Trinajstić information content (AvgIpc) is 3.09. The lowest BCUT2D eigenvalue weighted by Crippen LogP contribution is -2.16. The van der Waals surface area contributed by atoms with Crippen LogP contribution in [0.1, 0.15) is 5.56 Å². The molecular formula is C17H15N3O2. The van der Waals surface area contributed by atoms with Gasteiger partial charge in [0.15, 0.2) is 5.82 Å². The van der Waals surface area contributed by atoms with E-state index in [9.17, 15) is 4.79 Å². The SMILES string of the molecule is O=C(Nc1ncccc1-n1cccc1)OCc1ccccc1. The van der Waals surface area contributed by atoms with Crippen molar-refractivity contribution in [3.05, 3.63) is 78.8 Å². The number of hydrogen-bond donors (Lipinski definition) is 1. The molecule has 0 aliphatic heterocycles. The van der Waals surface area contributed by atoms with Crippen molar-refractivity contribution in [3.8, 4) is 5.69 Å². The van der Waals surface area contributed by atoms with E-state index in [0.717, 1.165) is 11.3 Å². The van der Waals surface area contributed by atoms with Crippen LogP contribution in [0.5, 0.6) is 0 Å². The number of carbonyl (C=O) groups excluding carboxylic acids is 1. The van der Waals surface area contributed by atoms with Crippen LogP contribution in [0.3, 0.4) is 0 Å². The number of amides is 1. The highest BCUT2D eigenvalue weighted by atomic mass is 16.5. The molecule has 0 saturated heterocycles. The Labute approximate surface area is 128 Å². The fourth-order valence-electron chi connectivity index (χ4n) is 2.05. The van der Waals surface area contributed by atoms with Crippen molar-refractivity contribution in [2.45, 2.75) is 6.61 Å². The number of nitrogens with one attached hydrogen (secondary N) is 1. The van der Waals surface area contributed by atoms with E-state index in [1.165, 1.54) is 0 Å². The first-order chi connectivity index (χ1) is 10.8. The van der Waals surface area contributed by atoms with Crippen molar-refractivity contribution in [3.63, 3.8) is 0 Å². The molecule has 1 aromatic carbocycles. The van der Waals surface area contributed by atoms with Crippen LogP contribution in [0.25, 0.3) is 5.69 Å². The fourth-order valence-corrected chi connectivity index (χ4v) is 2.05. The zero-order chi connectivity index (χ0) is 15.2. The Bertz CT molecular complexity index is 740. The van der Waals surface area contributed by atoms with Crippen LogP contribution < -0.4 is 5.32 Å². The molecule has 110 valence electrons. The first kappa shape index (κ1) is 13.9. The van der Waals surface area contributed by atoms with E-state index < -0.39 is 6.09 Å². The summed E-state index contributed by atoms with van der Waals surface area (Å²) in [5.41, 5.74) is 1.72. The van der Waals surface area contributed by atoms with Gasteiger partial charge in [0.1, 0.15) is 6.61 Å². The summed E-state index contributed by atoms with van der Waals surface area (Å²) in [6.45, 7) is 0.221. The second-order valence-corrected chi connectivity index (χ2v) is 4.65. The summed E-state index contributed by atoms with van der Waals surface area (Å²) in [4.78, 5) is 16.1. The van der Waals surface area contributed by atoms with Crippen molar-refractivity contribution in [2.75, 3.05) is 5.32 Å². The van der Waals surface area contributed by atoms with Gasteiger partial charge in [0.25, 0.3) is 0 Å². The molecule has 0 saturated carbocycles. The van der Waals surface area contributed by atoms with Gasteiger partial charge in [-0.25, -0.2) is 9.78 Å². The summed E-state index contributed by atoms with van der Waals surface area (Å²) in [5.74, 6) is 0.455. The Hall–Kier alpha value is -3.08. The number of aromatic nitrogens is 2. The van der Waals surface area contributed by atoms with E-state index in [1.54, 1.807) is 6.20 Å². The summed E-state index contributed by atoms with van der Waals surface area (Å²) in [6, 6.07) is 17.0. The first-order valence-electron chi connectivity index (χ1n) is 6.89. The number of hydrogen-bond acceptors (Lipinski definition) is 3. The molecule has 22 heavy (non-hydrogen) atoms. The van der Waals surface area contributed by atoms with E-state index in [-0.39, 0.29) is 6.61 Å². The maximum Gasteiger partial charge on any atom is 0.413 e. The highest BCUT2D eigenvalue weighted by Gasteiger charge is 2.09. The molecule has 0 fully saturated rings. The number of ether oxygens (including phenoxy) is 1. The second-order valence-electron chi connectivity index (χ2n) is 4.65. The van der Waals surface area contributed by atoms with Crippen LogP contribution in [-0.2, 0) is 11.3 Å². The van der Waals surface area contributed by atoms with E-state index >= 15 is 0 Å². The molecule has 0 spiro atoms. The van der Waals surface area contributed by atoms with Crippen LogP contribution in [0.15, 0.2) is 73.2 Å². The van der Waals surface area contributed by atoms with Gasteiger partial charge in [-0.05, 0) is 29.8 Å². The maximum atomic E-state index is 11.9. The van der Waals surface area contributed by atoms with Crippen LogP contribution in [0.4, 0.5) is 10.6 Å². The highest BCUT2D eigenvalue weighted by molar-refractivity contribution is 5.85. The molecule has 1 N–H and O–H groups in total. The molecule has 2 aromatic heterocycles. The van der Waals surface area contributed by atoms with Gasteiger partial charge in [-0.3, -0.25) is 5.32 Å².